The van der Waals surface area contributed by atoms with Crippen molar-refractivity contribution in [2.45, 2.75) is 12.8 Å². The van der Waals surface area contributed by atoms with Crippen LogP contribution in [0, 0.1) is 11.8 Å². The van der Waals surface area contributed by atoms with Gasteiger partial charge in [0.15, 0.2) is 0 Å². The molecule has 0 amide bonds. The van der Waals surface area contributed by atoms with Gasteiger partial charge in [0.1, 0.15) is 5.82 Å². The van der Waals surface area contributed by atoms with E-state index in [1.54, 1.807) is 6.07 Å². The number of hydrogen-bond donors (Lipinski definition) is 2. The zero-order valence-electron chi connectivity index (χ0n) is 10.8. The van der Waals surface area contributed by atoms with Gasteiger partial charge in [-0.1, -0.05) is 23.2 Å². The molecule has 1 saturated heterocycles. The van der Waals surface area contributed by atoms with E-state index in [1.165, 1.54) is 6.20 Å². The van der Waals surface area contributed by atoms with Crippen LogP contribution < -0.4 is 5.32 Å². The maximum absolute atomic E-state index is 11.4. The number of aromatic nitrogens is 1. The number of ether oxygens (including phenoxy) is 1. The molecular formula is C13H16Cl2N2O3. The van der Waals surface area contributed by atoms with Crippen LogP contribution in [0.3, 0.4) is 0 Å². The van der Waals surface area contributed by atoms with Gasteiger partial charge in [-0.2, -0.15) is 0 Å². The second-order valence-corrected chi connectivity index (χ2v) is 5.60. The van der Waals surface area contributed by atoms with E-state index >= 15 is 0 Å². The second-order valence-electron chi connectivity index (χ2n) is 4.76. The number of carboxylic acids is 1. The minimum atomic E-state index is -0.811. The molecule has 1 aliphatic rings. The van der Waals surface area contributed by atoms with Gasteiger partial charge in [-0.3, -0.25) is 4.79 Å². The van der Waals surface area contributed by atoms with Crippen molar-refractivity contribution in [3.8, 4) is 0 Å². The highest BCUT2D eigenvalue weighted by molar-refractivity contribution is 6.35. The number of carboxylic acid groups (broad SMARTS) is 1. The normalized spacial score (nSPS) is 17.7. The number of hydrogen-bond acceptors (Lipinski definition) is 4. The van der Waals surface area contributed by atoms with Gasteiger partial charge in [0.2, 0.25) is 0 Å². The SMILES string of the molecule is O=C(O)C(CNc1ncc(Cl)cc1Cl)C1CCOCC1. The fourth-order valence-corrected chi connectivity index (χ4v) is 2.77. The highest BCUT2D eigenvalue weighted by Gasteiger charge is 2.29. The Bertz CT molecular complexity index is 479. The van der Waals surface area contributed by atoms with Gasteiger partial charge in [-0.25, -0.2) is 4.98 Å². The fraction of sp³-hybridized carbons (Fsp3) is 0.538. The Morgan fingerprint density at radius 3 is 2.80 bits per heavy atom. The molecule has 1 aromatic heterocycles. The quantitative estimate of drug-likeness (QED) is 0.873. The average Bonchev–Trinajstić information content (AvgIpc) is 2.42. The number of nitrogens with one attached hydrogen (secondary N) is 1. The number of carbonyl (C=O) groups is 1. The summed E-state index contributed by atoms with van der Waals surface area (Å²) in [4.78, 5) is 15.5. The summed E-state index contributed by atoms with van der Waals surface area (Å²) in [6.07, 6.45) is 3.00. The van der Waals surface area contributed by atoms with Crippen LogP contribution in [0.15, 0.2) is 12.3 Å². The van der Waals surface area contributed by atoms with Crippen molar-refractivity contribution in [3.05, 3.63) is 22.3 Å². The molecular weight excluding hydrogens is 303 g/mol. The fourth-order valence-electron chi connectivity index (χ4n) is 2.33. The molecule has 0 aliphatic carbocycles. The molecule has 1 unspecified atom stereocenters. The lowest BCUT2D eigenvalue weighted by atomic mass is 9.86. The summed E-state index contributed by atoms with van der Waals surface area (Å²) in [6.45, 7) is 1.52. The summed E-state index contributed by atoms with van der Waals surface area (Å²) in [5.74, 6) is -0.726. The first-order valence-electron chi connectivity index (χ1n) is 6.43. The Morgan fingerprint density at radius 1 is 1.50 bits per heavy atom. The molecule has 5 nitrogen and oxygen atoms in total. The highest BCUT2D eigenvalue weighted by Crippen LogP contribution is 2.26. The van der Waals surface area contributed by atoms with Crippen molar-refractivity contribution in [2.24, 2.45) is 11.8 Å². The Morgan fingerprint density at radius 2 is 2.20 bits per heavy atom. The minimum Gasteiger partial charge on any atom is -0.481 e. The van der Waals surface area contributed by atoms with Crippen LogP contribution in [0.4, 0.5) is 5.82 Å². The Labute approximate surface area is 127 Å². The maximum atomic E-state index is 11.4. The van der Waals surface area contributed by atoms with Crippen LogP contribution in [0.1, 0.15) is 12.8 Å². The maximum Gasteiger partial charge on any atom is 0.308 e. The summed E-state index contributed by atoms with van der Waals surface area (Å²) in [6, 6.07) is 1.57. The van der Waals surface area contributed by atoms with Gasteiger partial charge in [0, 0.05) is 26.0 Å². The van der Waals surface area contributed by atoms with Gasteiger partial charge >= 0.3 is 5.97 Å². The smallest absolute Gasteiger partial charge is 0.308 e. The third kappa shape index (κ3) is 3.98. The summed E-state index contributed by atoms with van der Waals surface area (Å²) in [7, 11) is 0. The molecule has 2 rings (SSSR count). The standard InChI is InChI=1S/C13H16Cl2N2O3/c14-9-5-11(15)12(16-6-9)17-7-10(13(18)19)8-1-3-20-4-2-8/h5-6,8,10H,1-4,7H2,(H,16,17)(H,18,19). The van der Waals surface area contributed by atoms with E-state index < -0.39 is 11.9 Å². The number of halogens is 2. The molecule has 1 atom stereocenters. The van der Waals surface area contributed by atoms with E-state index in [-0.39, 0.29) is 12.5 Å². The molecule has 1 fully saturated rings. The molecule has 0 radical (unpaired) electrons. The first-order chi connectivity index (χ1) is 9.58. The topological polar surface area (TPSA) is 71.5 Å². The number of nitrogens with zero attached hydrogens (tertiary/aromatic N) is 1. The van der Waals surface area contributed by atoms with E-state index in [2.05, 4.69) is 10.3 Å². The van der Waals surface area contributed by atoms with E-state index in [1.807, 2.05) is 0 Å². The van der Waals surface area contributed by atoms with Gasteiger partial charge in [-0.15, -0.1) is 0 Å². The van der Waals surface area contributed by atoms with Crippen LogP contribution in [0.5, 0.6) is 0 Å². The van der Waals surface area contributed by atoms with Crippen molar-refractivity contribution in [3.63, 3.8) is 0 Å². The molecule has 110 valence electrons. The first kappa shape index (κ1) is 15.4. The van der Waals surface area contributed by atoms with Crippen molar-refractivity contribution >= 4 is 35.0 Å². The van der Waals surface area contributed by atoms with Crippen LogP contribution in [-0.4, -0.2) is 35.8 Å². The molecule has 7 heteroatoms. The number of aliphatic carboxylic acids is 1. The van der Waals surface area contributed by atoms with Crippen LogP contribution in [0.25, 0.3) is 0 Å². The van der Waals surface area contributed by atoms with Gasteiger partial charge < -0.3 is 15.2 Å². The minimum absolute atomic E-state index is 0.111. The van der Waals surface area contributed by atoms with Crippen molar-refractivity contribution < 1.29 is 14.6 Å². The lowest BCUT2D eigenvalue weighted by Crippen LogP contribution is -2.34. The van der Waals surface area contributed by atoms with Crippen LogP contribution in [0.2, 0.25) is 10.0 Å². The number of pyridine rings is 1. The van der Waals surface area contributed by atoms with Crippen molar-refractivity contribution in [1.82, 2.24) is 4.98 Å². The Balaban J connectivity index is 1.99. The average molecular weight is 319 g/mol. The monoisotopic (exact) mass is 318 g/mol. The third-order valence-electron chi connectivity index (χ3n) is 3.45. The van der Waals surface area contributed by atoms with E-state index in [0.717, 1.165) is 12.8 Å². The highest BCUT2D eigenvalue weighted by atomic mass is 35.5. The molecule has 1 aliphatic heterocycles. The molecule has 2 N–H and O–H groups in total. The largest absolute Gasteiger partial charge is 0.481 e. The van der Waals surface area contributed by atoms with Crippen LogP contribution in [-0.2, 0) is 9.53 Å². The van der Waals surface area contributed by atoms with E-state index in [4.69, 9.17) is 27.9 Å². The molecule has 0 aromatic carbocycles. The molecule has 0 saturated carbocycles. The number of rotatable bonds is 5. The second kappa shape index (κ2) is 7.11. The van der Waals surface area contributed by atoms with Crippen molar-refractivity contribution in [1.29, 1.82) is 0 Å². The predicted molar refractivity (Wildman–Crippen MR) is 77.4 cm³/mol. The first-order valence-corrected chi connectivity index (χ1v) is 7.19. The third-order valence-corrected chi connectivity index (χ3v) is 3.94. The molecule has 20 heavy (non-hydrogen) atoms. The molecule has 2 heterocycles. The number of anilines is 1. The summed E-state index contributed by atoms with van der Waals surface area (Å²) < 4.78 is 5.26. The summed E-state index contributed by atoms with van der Waals surface area (Å²) in [5.41, 5.74) is 0. The Kier molecular flexibility index (Phi) is 5.46. The summed E-state index contributed by atoms with van der Waals surface area (Å²) in [5, 5.41) is 13.2. The predicted octanol–water partition coefficient (Wildman–Crippen LogP) is 2.93. The lowest BCUT2D eigenvalue weighted by molar-refractivity contribution is -0.144. The van der Waals surface area contributed by atoms with E-state index in [0.29, 0.717) is 29.1 Å². The molecule has 0 bridgehead atoms. The van der Waals surface area contributed by atoms with Gasteiger partial charge in [0.05, 0.1) is 16.0 Å². The molecule has 1 aromatic rings. The van der Waals surface area contributed by atoms with Gasteiger partial charge in [-0.05, 0) is 24.8 Å². The zero-order chi connectivity index (χ0) is 14.5. The lowest BCUT2D eigenvalue weighted by Gasteiger charge is -2.27. The van der Waals surface area contributed by atoms with Gasteiger partial charge in [0.25, 0.3) is 0 Å². The zero-order valence-corrected chi connectivity index (χ0v) is 12.3. The molecule has 0 spiro atoms. The Hall–Kier alpha value is -1.04. The van der Waals surface area contributed by atoms with Crippen molar-refractivity contribution in [2.75, 3.05) is 25.1 Å². The summed E-state index contributed by atoms with van der Waals surface area (Å²) >= 11 is 11.8. The van der Waals surface area contributed by atoms with E-state index in [9.17, 15) is 9.90 Å². The van der Waals surface area contributed by atoms with Crippen LogP contribution >= 0.6 is 23.2 Å².